The molecule has 0 spiro atoms. The molecule has 1 heterocycles. The average molecular weight is 328 g/mol. The Hall–Kier alpha value is -2.44. The number of tetrazole rings is 1. The maximum absolute atomic E-state index is 12.2. The minimum atomic E-state index is -0.290. The van der Waals surface area contributed by atoms with Crippen LogP contribution in [0, 0.1) is 5.41 Å². The predicted octanol–water partition coefficient (Wildman–Crippen LogP) is 2.60. The van der Waals surface area contributed by atoms with Crippen LogP contribution < -0.4 is 10.6 Å². The quantitative estimate of drug-likeness (QED) is 0.818. The van der Waals surface area contributed by atoms with E-state index in [0.29, 0.717) is 11.2 Å². The number of nitrogens with one attached hydrogen (secondary N) is 2. The van der Waals surface area contributed by atoms with Crippen molar-refractivity contribution in [3.63, 3.8) is 0 Å². The van der Waals surface area contributed by atoms with E-state index in [1.165, 1.54) is 19.3 Å². The van der Waals surface area contributed by atoms with E-state index in [4.69, 9.17) is 0 Å². The molecule has 1 aromatic carbocycles. The Labute approximate surface area is 141 Å². The van der Waals surface area contributed by atoms with Crippen molar-refractivity contribution >= 4 is 6.03 Å². The van der Waals surface area contributed by atoms with Gasteiger partial charge in [-0.15, -0.1) is 5.10 Å². The lowest BCUT2D eigenvalue weighted by atomic mass is 10.0. The highest BCUT2D eigenvalue weighted by Gasteiger charge is 2.41. The minimum absolute atomic E-state index is 0.174. The molecule has 128 valence electrons. The first-order chi connectivity index (χ1) is 11.6. The van der Waals surface area contributed by atoms with Crippen LogP contribution in [0.3, 0.4) is 0 Å². The summed E-state index contributed by atoms with van der Waals surface area (Å²) in [7, 11) is 0. The molecule has 1 atom stereocenters. The van der Waals surface area contributed by atoms with E-state index in [-0.39, 0.29) is 12.1 Å². The van der Waals surface area contributed by atoms with Gasteiger partial charge < -0.3 is 10.6 Å². The minimum Gasteiger partial charge on any atom is -0.338 e. The molecular formula is C17H24N6O. The molecule has 1 aliphatic rings. The number of aromatic nitrogens is 4. The van der Waals surface area contributed by atoms with E-state index < -0.39 is 0 Å². The average Bonchev–Trinajstić information content (AvgIpc) is 3.18. The SMILES string of the molecule is CCCC1(CNC(=O)N[C@@H](C)c2nnnn2-c2ccccc2)CC1. The van der Waals surface area contributed by atoms with Crippen molar-refractivity contribution in [2.24, 2.45) is 5.41 Å². The molecule has 1 aliphatic carbocycles. The van der Waals surface area contributed by atoms with Crippen LogP contribution in [-0.2, 0) is 0 Å². The first kappa shape index (κ1) is 16.4. The smallest absolute Gasteiger partial charge is 0.315 e. The Morgan fingerprint density at radius 1 is 1.33 bits per heavy atom. The molecule has 2 amide bonds. The maximum atomic E-state index is 12.2. The van der Waals surface area contributed by atoms with Crippen LogP contribution in [-0.4, -0.2) is 32.8 Å². The van der Waals surface area contributed by atoms with Crippen molar-refractivity contribution in [2.75, 3.05) is 6.54 Å². The number of rotatable bonds is 7. The molecule has 1 saturated carbocycles. The monoisotopic (exact) mass is 328 g/mol. The van der Waals surface area contributed by atoms with E-state index in [1.807, 2.05) is 37.3 Å². The second-order valence-corrected chi connectivity index (χ2v) is 6.58. The van der Waals surface area contributed by atoms with Crippen LogP contribution in [0.25, 0.3) is 5.69 Å². The fourth-order valence-electron chi connectivity index (χ4n) is 3.02. The molecule has 0 saturated heterocycles. The third-order valence-corrected chi connectivity index (χ3v) is 4.59. The van der Waals surface area contributed by atoms with Crippen LogP contribution in [0.1, 0.15) is 51.4 Å². The van der Waals surface area contributed by atoms with Gasteiger partial charge in [0.2, 0.25) is 0 Å². The van der Waals surface area contributed by atoms with Crippen LogP contribution in [0.5, 0.6) is 0 Å². The predicted molar refractivity (Wildman–Crippen MR) is 90.7 cm³/mol. The molecule has 3 rings (SSSR count). The Morgan fingerprint density at radius 2 is 2.08 bits per heavy atom. The largest absolute Gasteiger partial charge is 0.338 e. The highest BCUT2D eigenvalue weighted by molar-refractivity contribution is 5.74. The first-order valence-electron chi connectivity index (χ1n) is 8.52. The summed E-state index contributed by atoms with van der Waals surface area (Å²) in [6.45, 7) is 4.80. The number of amides is 2. The van der Waals surface area contributed by atoms with Gasteiger partial charge in [0.1, 0.15) is 0 Å². The molecule has 2 N–H and O–H groups in total. The molecule has 1 fully saturated rings. The van der Waals surface area contributed by atoms with Gasteiger partial charge in [-0.05, 0) is 54.2 Å². The van der Waals surface area contributed by atoms with Crippen LogP contribution in [0.15, 0.2) is 30.3 Å². The highest BCUT2D eigenvalue weighted by Crippen LogP contribution is 2.48. The summed E-state index contributed by atoms with van der Waals surface area (Å²) in [5.41, 5.74) is 1.20. The van der Waals surface area contributed by atoms with Gasteiger partial charge in [0.15, 0.2) is 5.82 Å². The van der Waals surface area contributed by atoms with Gasteiger partial charge in [-0.25, -0.2) is 4.79 Å². The Bertz CT molecular complexity index is 679. The third-order valence-electron chi connectivity index (χ3n) is 4.59. The molecule has 24 heavy (non-hydrogen) atoms. The molecular weight excluding hydrogens is 304 g/mol. The molecule has 0 radical (unpaired) electrons. The molecule has 7 heteroatoms. The van der Waals surface area contributed by atoms with Crippen LogP contribution >= 0.6 is 0 Å². The Balaban J connectivity index is 1.58. The zero-order valence-electron chi connectivity index (χ0n) is 14.2. The summed E-state index contributed by atoms with van der Waals surface area (Å²) >= 11 is 0. The second-order valence-electron chi connectivity index (χ2n) is 6.58. The number of nitrogens with zero attached hydrogens (tertiary/aromatic N) is 4. The number of para-hydroxylation sites is 1. The number of carbonyl (C=O) groups is 1. The van der Waals surface area contributed by atoms with Gasteiger partial charge in [-0.3, -0.25) is 0 Å². The van der Waals surface area contributed by atoms with Gasteiger partial charge in [-0.2, -0.15) is 4.68 Å². The van der Waals surface area contributed by atoms with Gasteiger partial charge in [0, 0.05) is 6.54 Å². The number of urea groups is 1. The summed E-state index contributed by atoms with van der Waals surface area (Å²) in [6.07, 6.45) is 4.76. The topological polar surface area (TPSA) is 84.7 Å². The van der Waals surface area contributed by atoms with Crippen LogP contribution in [0.4, 0.5) is 4.79 Å². The number of hydrogen-bond acceptors (Lipinski definition) is 4. The number of benzene rings is 1. The van der Waals surface area contributed by atoms with Crippen molar-refractivity contribution < 1.29 is 4.79 Å². The number of carbonyl (C=O) groups excluding carboxylic acids is 1. The Morgan fingerprint density at radius 3 is 2.75 bits per heavy atom. The van der Waals surface area contributed by atoms with E-state index in [0.717, 1.165) is 18.7 Å². The van der Waals surface area contributed by atoms with Crippen molar-refractivity contribution in [2.45, 2.75) is 45.6 Å². The highest BCUT2D eigenvalue weighted by atomic mass is 16.2. The molecule has 2 aromatic rings. The van der Waals surface area contributed by atoms with Gasteiger partial charge >= 0.3 is 6.03 Å². The number of hydrogen-bond donors (Lipinski definition) is 2. The van der Waals surface area contributed by atoms with Gasteiger partial charge in [0.05, 0.1) is 11.7 Å². The summed E-state index contributed by atoms with van der Waals surface area (Å²) in [6, 6.07) is 9.17. The fourth-order valence-corrected chi connectivity index (χ4v) is 3.02. The lowest BCUT2D eigenvalue weighted by Gasteiger charge is -2.18. The molecule has 1 aromatic heterocycles. The maximum Gasteiger partial charge on any atom is 0.315 e. The standard InChI is InChI=1S/C17H24N6O/c1-3-9-17(10-11-17)12-18-16(24)19-13(2)15-20-21-22-23(15)14-7-5-4-6-8-14/h4-8,13H,3,9-12H2,1-2H3,(H2,18,19,24)/t13-/m0/s1. The second kappa shape index (κ2) is 6.98. The van der Waals surface area contributed by atoms with Gasteiger partial charge in [0.25, 0.3) is 0 Å². The van der Waals surface area contributed by atoms with Crippen LogP contribution in [0.2, 0.25) is 0 Å². The lowest BCUT2D eigenvalue weighted by Crippen LogP contribution is -2.40. The van der Waals surface area contributed by atoms with Crippen molar-refractivity contribution in [1.29, 1.82) is 0 Å². The van der Waals surface area contributed by atoms with E-state index in [1.54, 1.807) is 4.68 Å². The summed E-state index contributed by atoms with van der Waals surface area (Å²) in [5, 5.41) is 17.7. The zero-order chi connectivity index (χ0) is 17.0. The van der Waals surface area contributed by atoms with E-state index in [2.05, 4.69) is 33.1 Å². The molecule has 0 bridgehead atoms. The Kier molecular flexibility index (Phi) is 4.78. The van der Waals surface area contributed by atoms with Crippen molar-refractivity contribution in [1.82, 2.24) is 30.8 Å². The summed E-state index contributed by atoms with van der Waals surface area (Å²) in [4.78, 5) is 12.2. The summed E-state index contributed by atoms with van der Waals surface area (Å²) in [5.74, 6) is 0.603. The normalized spacial score (nSPS) is 16.4. The van der Waals surface area contributed by atoms with E-state index in [9.17, 15) is 4.79 Å². The van der Waals surface area contributed by atoms with Crippen molar-refractivity contribution in [3.05, 3.63) is 36.2 Å². The van der Waals surface area contributed by atoms with Gasteiger partial charge in [-0.1, -0.05) is 31.5 Å². The fraction of sp³-hybridized carbons (Fsp3) is 0.529. The molecule has 0 unspecified atom stereocenters. The zero-order valence-corrected chi connectivity index (χ0v) is 14.2. The summed E-state index contributed by atoms with van der Waals surface area (Å²) < 4.78 is 1.64. The van der Waals surface area contributed by atoms with E-state index >= 15 is 0 Å². The van der Waals surface area contributed by atoms with Crippen molar-refractivity contribution in [3.8, 4) is 5.69 Å². The molecule has 0 aliphatic heterocycles. The molecule has 7 nitrogen and oxygen atoms in total. The third kappa shape index (κ3) is 3.72. The lowest BCUT2D eigenvalue weighted by molar-refractivity contribution is 0.234. The first-order valence-corrected chi connectivity index (χ1v) is 8.52.